The minimum absolute atomic E-state index is 0.0821. The van der Waals surface area contributed by atoms with E-state index in [9.17, 15) is 4.79 Å². The quantitative estimate of drug-likeness (QED) is 0.781. The second-order valence-corrected chi connectivity index (χ2v) is 6.14. The molecule has 1 saturated heterocycles. The van der Waals surface area contributed by atoms with E-state index in [1.165, 1.54) is 0 Å². The van der Waals surface area contributed by atoms with Crippen LogP contribution in [0, 0.1) is 0 Å². The van der Waals surface area contributed by atoms with Crippen molar-refractivity contribution in [2.24, 2.45) is 0 Å². The molecule has 26 heavy (non-hydrogen) atoms. The van der Waals surface area contributed by atoms with Gasteiger partial charge in [-0.25, -0.2) is 4.98 Å². The maximum Gasteiger partial charge on any atom is 0.255 e. The van der Waals surface area contributed by atoms with Crippen molar-refractivity contribution in [3.05, 3.63) is 60.4 Å². The number of benzene rings is 1. The molecule has 2 aromatic heterocycles. The average molecular weight is 349 g/mol. The third-order valence-corrected chi connectivity index (χ3v) is 4.35. The van der Waals surface area contributed by atoms with Crippen LogP contribution in [-0.4, -0.2) is 35.2 Å². The van der Waals surface area contributed by atoms with Gasteiger partial charge >= 0.3 is 0 Å². The highest BCUT2D eigenvalue weighted by Gasteiger charge is 2.17. The van der Waals surface area contributed by atoms with Crippen LogP contribution in [0.5, 0.6) is 5.88 Å². The highest BCUT2D eigenvalue weighted by Crippen LogP contribution is 2.23. The molecule has 0 bridgehead atoms. The van der Waals surface area contributed by atoms with Crippen LogP contribution in [0.25, 0.3) is 10.9 Å². The van der Waals surface area contributed by atoms with E-state index in [1.807, 2.05) is 30.3 Å². The van der Waals surface area contributed by atoms with Gasteiger partial charge in [0.05, 0.1) is 24.4 Å². The first-order valence-corrected chi connectivity index (χ1v) is 8.65. The zero-order valence-corrected chi connectivity index (χ0v) is 14.2. The highest BCUT2D eigenvalue weighted by molar-refractivity contribution is 6.08. The number of pyridine rings is 2. The fourth-order valence-corrected chi connectivity index (χ4v) is 2.99. The fourth-order valence-electron chi connectivity index (χ4n) is 2.99. The number of hydrogen-bond donors (Lipinski definition) is 1. The summed E-state index contributed by atoms with van der Waals surface area (Å²) in [5.41, 5.74) is 2.07. The van der Waals surface area contributed by atoms with Crippen molar-refractivity contribution < 1.29 is 14.3 Å². The molecule has 1 N–H and O–H groups in total. The van der Waals surface area contributed by atoms with Crippen molar-refractivity contribution in [3.8, 4) is 5.88 Å². The Morgan fingerprint density at radius 1 is 1.08 bits per heavy atom. The van der Waals surface area contributed by atoms with Gasteiger partial charge in [-0.15, -0.1) is 0 Å². The molecule has 4 rings (SSSR count). The topological polar surface area (TPSA) is 73.3 Å². The Bertz CT molecular complexity index is 918. The Kier molecular flexibility index (Phi) is 4.75. The number of aromatic nitrogens is 2. The molecule has 3 aromatic rings. The monoisotopic (exact) mass is 349 g/mol. The summed E-state index contributed by atoms with van der Waals surface area (Å²) in [6.07, 6.45) is 5.08. The van der Waals surface area contributed by atoms with Gasteiger partial charge in [-0.1, -0.05) is 6.07 Å². The predicted octanol–water partition coefficient (Wildman–Crippen LogP) is 3.44. The molecular weight excluding hydrogens is 330 g/mol. The lowest BCUT2D eigenvalue weighted by Crippen LogP contribution is -2.26. The largest absolute Gasteiger partial charge is 0.474 e. The van der Waals surface area contributed by atoms with E-state index in [0.717, 1.165) is 29.4 Å². The average Bonchev–Trinajstić information content (AvgIpc) is 2.69. The van der Waals surface area contributed by atoms with Gasteiger partial charge in [-0.05, 0) is 30.3 Å². The van der Waals surface area contributed by atoms with E-state index in [2.05, 4.69) is 15.3 Å². The Morgan fingerprint density at radius 3 is 2.85 bits per heavy atom. The van der Waals surface area contributed by atoms with Gasteiger partial charge in [-0.3, -0.25) is 9.78 Å². The molecule has 0 aliphatic carbocycles. The highest BCUT2D eigenvalue weighted by atomic mass is 16.5. The van der Waals surface area contributed by atoms with Crippen LogP contribution in [0.15, 0.2) is 54.9 Å². The number of fused-ring (bicyclic) bond motifs is 1. The van der Waals surface area contributed by atoms with Crippen LogP contribution in [0.2, 0.25) is 0 Å². The first-order valence-electron chi connectivity index (χ1n) is 8.65. The van der Waals surface area contributed by atoms with Crippen LogP contribution in [-0.2, 0) is 4.74 Å². The number of anilines is 1. The number of amides is 1. The second-order valence-electron chi connectivity index (χ2n) is 6.14. The van der Waals surface area contributed by atoms with E-state index >= 15 is 0 Å². The normalized spacial score (nSPS) is 14.9. The Hall–Kier alpha value is -2.99. The lowest BCUT2D eigenvalue weighted by atomic mass is 10.1. The molecule has 6 nitrogen and oxygen atoms in total. The van der Waals surface area contributed by atoms with Gasteiger partial charge in [0, 0.05) is 42.3 Å². The third kappa shape index (κ3) is 3.65. The lowest BCUT2D eigenvalue weighted by Gasteiger charge is -2.22. The van der Waals surface area contributed by atoms with E-state index in [0.29, 0.717) is 24.7 Å². The first kappa shape index (κ1) is 16.5. The second kappa shape index (κ2) is 7.49. The molecule has 132 valence electrons. The van der Waals surface area contributed by atoms with E-state index < -0.39 is 0 Å². The molecule has 6 heteroatoms. The van der Waals surface area contributed by atoms with E-state index in [1.54, 1.807) is 24.5 Å². The molecule has 0 radical (unpaired) electrons. The standard InChI is InChI=1S/C20H19N3O3/c24-20(23-18-5-1-4-17-16(18)3-2-9-21-17)14-6-10-22-19(13-14)26-15-7-11-25-12-8-15/h1-6,9-10,13,15H,7-8,11-12H2,(H,23,24). The number of rotatable bonds is 4. The molecular formula is C20H19N3O3. The van der Waals surface area contributed by atoms with Gasteiger partial charge in [0.15, 0.2) is 0 Å². The molecule has 1 aromatic carbocycles. The number of ether oxygens (including phenoxy) is 2. The van der Waals surface area contributed by atoms with Crippen LogP contribution in [0.1, 0.15) is 23.2 Å². The fraction of sp³-hybridized carbons (Fsp3) is 0.250. The molecule has 0 unspecified atom stereocenters. The summed E-state index contributed by atoms with van der Waals surface area (Å²) in [5.74, 6) is 0.254. The van der Waals surface area contributed by atoms with Gasteiger partial charge < -0.3 is 14.8 Å². The number of nitrogens with one attached hydrogen (secondary N) is 1. The van der Waals surface area contributed by atoms with Crippen LogP contribution in [0.3, 0.4) is 0 Å². The van der Waals surface area contributed by atoms with Crippen molar-refractivity contribution in [2.75, 3.05) is 18.5 Å². The molecule has 1 amide bonds. The summed E-state index contributed by atoms with van der Waals surface area (Å²) in [6, 6.07) is 12.8. The first-order chi connectivity index (χ1) is 12.8. The van der Waals surface area contributed by atoms with Crippen molar-refractivity contribution in [1.82, 2.24) is 9.97 Å². The Balaban J connectivity index is 1.51. The zero-order chi connectivity index (χ0) is 17.8. The Morgan fingerprint density at radius 2 is 1.96 bits per heavy atom. The number of hydrogen-bond acceptors (Lipinski definition) is 5. The number of nitrogens with zero attached hydrogens (tertiary/aromatic N) is 2. The molecule has 0 atom stereocenters. The molecule has 0 saturated carbocycles. The molecule has 1 aliphatic heterocycles. The van der Waals surface area contributed by atoms with Crippen molar-refractivity contribution in [2.45, 2.75) is 18.9 Å². The minimum atomic E-state index is -0.208. The zero-order valence-electron chi connectivity index (χ0n) is 14.2. The summed E-state index contributed by atoms with van der Waals surface area (Å²) in [7, 11) is 0. The smallest absolute Gasteiger partial charge is 0.255 e. The van der Waals surface area contributed by atoms with Crippen molar-refractivity contribution in [3.63, 3.8) is 0 Å². The van der Waals surface area contributed by atoms with Gasteiger partial charge in [0.25, 0.3) is 5.91 Å². The predicted molar refractivity (Wildman–Crippen MR) is 98.4 cm³/mol. The molecule has 1 fully saturated rings. The van der Waals surface area contributed by atoms with Crippen molar-refractivity contribution >= 4 is 22.5 Å². The van der Waals surface area contributed by atoms with Crippen LogP contribution < -0.4 is 10.1 Å². The maximum atomic E-state index is 12.7. The van der Waals surface area contributed by atoms with E-state index in [-0.39, 0.29) is 12.0 Å². The third-order valence-electron chi connectivity index (χ3n) is 4.35. The minimum Gasteiger partial charge on any atom is -0.474 e. The summed E-state index contributed by atoms with van der Waals surface area (Å²) >= 11 is 0. The van der Waals surface area contributed by atoms with E-state index in [4.69, 9.17) is 9.47 Å². The summed E-state index contributed by atoms with van der Waals surface area (Å²) in [6.45, 7) is 1.39. The number of carbonyl (C=O) groups is 1. The van der Waals surface area contributed by atoms with Gasteiger partial charge in [-0.2, -0.15) is 0 Å². The SMILES string of the molecule is O=C(Nc1cccc2ncccc12)c1ccnc(OC2CCOCC2)c1. The lowest BCUT2D eigenvalue weighted by molar-refractivity contribution is 0.0237. The van der Waals surface area contributed by atoms with Crippen LogP contribution in [0.4, 0.5) is 5.69 Å². The van der Waals surface area contributed by atoms with Gasteiger partial charge in [0.1, 0.15) is 6.10 Å². The number of carbonyl (C=O) groups excluding carboxylic acids is 1. The summed E-state index contributed by atoms with van der Waals surface area (Å²) < 4.78 is 11.2. The van der Waals surface area contributed by atoms with Crippen LogP contribution >= 0.6 is 0 Å². The van der Waals surface area contributed by atoms with Gasteiger partial charge in [0.2, 0.25) is 5.88 Å². The molecule has 3 heterocycles. The van der Waals surface area contributed by atoms with Crippen molar-refractivity contribution in [1.29, 1.82) is 0 Å². The maximum absolute atomic E-state index is 12.7. The molecule has 0 spiro atoms. The Labute approximate surface area is 151 Å². The molecule has 1 aliphatic rings. The summed E-state index contributed by atoms with van der Waals surface area (Å²) in [4.78, 5) is 21.2. The summed E-state index contributed by atoms with van der Waals surface area (Å²) in [5, 5.41) is 3.85.